The number of hydrogen-bond donors (Lipinski definition) is 1. The van der Waals surface area contributed by atoms with Crippen molar-refractivity contribution in [2.45, 2.75) is 12.1 Å². The summed E-state index contributed by atoms with van der Waals surface area (Å²) in [6.07, 6.45) is 0. The molecule has 0 aliphatic carbocycles. The van der Waals surface area contributed by atoms with Crippen molar-refractivity contribution >= 4 is 35.0 Å². The summed E-state index contributed by atoms with van der Waals surface area (Å²) in [7, 11) is 0. The van der Waals surface area contributed by atoms with Crippen LogP contribution < -0.4 is 10.2 Å². The van der Waals surface area contributed by atoms with E-state index >= 15 is 0 Å². The maximum Gasteiger partial charge on any atom is 0.277 e. The second-order valence-electron chi connectivity index (χ2n) is 6.07. The highest BCUT2D eigenvalue weighted by Gasteiger charge is 2.26. The number of rotatable bonds is 4. The minimum absolute atomic E-state index is 0.00510. The third-order valence-electron chi connectivity index (χ3n) is 4.10. The predicted molar refractivity (Wildman–Crippen MR) is 103 cm³/mol. The van der Waals surface area contributed by atoms with Gasteiger partial charge in [0.2, 0.25) is 17.7 Å². The number of hydrogen-bond acceptors (Lipinski definition) is 6. The Labute approximate surface area is 159 Å². The lowest BCUT2D eigenvalue weighted by molar-refractivity contribution is -0.120. The van der Waals surface area contributed by atoms with E-state index in [9.17, 15) is 9.59 Å². The quantitative estimate of drug-likeness (QED) is 0.700. The molecule has 27 heavy (non-hydrogen) atoms. The van der Waals surface area contributed by atoms with E-state index in [1.807, 2.05) is 43.3 Å². The van der Waals surface area contributed by atoms with Crippen LogP contribution in [0.25, 0.3) is 11.5 Å². The molecule has 2 amide bonds. The molecule has 1 aromatic heterocycles. The Bertz CT molecular complexity index is 1000. The van der Waals surface area contributed by atoms with Gasteiger partial charge < -0.3 is 14.6 Å². The Balaban J connectivity index is 1.44. The van der Waals surface area contributed by atoms with Gasteiger partial charge in [0.25, 0.3) is 5.22 Å². The molecule has 7 nitrogen and oxygen atoms in total. The Kier molecular flexibility index (Phi) is 4.64. The molecule has 4 rings (SSSR count). The van der Waals surface area contributed by atoms with Crippen LogP contribution in [0.2, 0.25) is 0 Å². The molecule has 0 spiro atoms. The van der Waals surface area contributed by atoms with Gasteiger partial charge in [0.15, 0.2) is 0 Å². The van der Waals surface area contributed by atoms with E-state index in [2.05, 4.69) is 15.5 Å². The molecule has 0 saturated heterocycles. The number of fused-ring (bicyclic) bond motifs is 1. The van der Waals surface area contributed by atoms with E-state index in [0.29, 0.717) is 22.5 Å². The Morgan fingerprint density at radius 2 is 1.96 bits per heavy atom. The van der Waals surface area contributed by atoms with Gasteiger partial charge in [0.1, 0.15) is 6.54 Å². The maximum atomic E-state index is 12.6. The van der Waals surface area contributed by atoms with Crippen molar-refractivity contribution in [2.75, 3.05) is 22.5 Å². The first kappa shape index (κ1) is 17.3. The predicted octanol–water partition coefficient (Wildman–Crippen LogP) is 3.12. The number of thioether (sulfide) groups is 1. The number of amides is 2. The maximum absolute atomic E-state index is 12.6. The van der Waals surface area contributed by atoms with E-state index in [1.54, 1.807) is 12.1 Å². The molecule has 8 heteroatoms. The number of anilines is 2. The fraction of sp³-hybridized carbons (Fsp3) is 0.158. The highest BCUT2D eigenvalue weighted by atomic mass is 32.2. The standard InChI is InChI=1S/C19H16N4O3S/c1-12-6-8-13(9-7-12)18-21-22-19(26-18)27-11-17(25)23-10-16(24)20-14-4-2-3-5-15(14)23/h2-9H,10-11H2,1H3,(H,20,24). The summed E-state index contributed by atoms with van der Waals surface area (Å²) >= 11 is 1.15. The van der Waals surface area contributed by atoms with Gasteiger partial charge in [0, 0.05) is 5.56 Å². The van der Waals surface area contributed by atoms with Crippen molar-refractivity contribution in [2.24, 2.45) is 0 Å². The molecule has 0 fully saturated rings. The van der Waals surface area contributed by atoms with Gasteiger partial charge in [-0.2, -0.15) is 0 Å². The number of carbonyl (C=O) groups excluding carboxylic acids is 2. The normalized spacial score (nSPS) is 13.2. The van der Waals surface area contributed by atoms with Crippen molar-refractivity contribution in [3.63, 3.8) is 0 Å². The van der Waals surface area contributed by atoms with Gasteiger partial charge in [-0.15, -0.1) is 10.2 Å². The van der Waals surface area contributed by atoms with Crippen LogP contribution in [-0.2, 0) is 9.59 Å². The Morgan fingerprint density at radius 1 is 1.19 bits per heavy atom. The van der Waals surface area contributed by atoms with Crippen molar-refractivity contribution in [3.8, 4) is 11.5 Å². The lowest BCUT2D eigenvalue weighted by atomic mass is 10.1. The summed E-state index contributed by atoms with van der Waals surface area (Å²) in [5, 5.41) is 11.1. The number of nitrogens with one attached hydrogen (secondary N) is 1. The first-order valence-electron chi connectivity index (χ1n) is 8.33. The number of para-hydroxylation sites is 2. The summed E-state index contributed by atoms with van der Waals surface area (Å²) in [4.78, 5) is 25.9. The fourth-order valence-electron chi connectivity index (χ4n) is 2.74. The zero-order chi connectivity index (χ0) is 18.8. The lowest BCUT2D eigenvalue weighted by Crippen LogP contribution is -2.43. The van der Waals surface area contributed by atoms with E-state index in [1.165, 1.54) is 4.90 Å². The molecule has 0 bridgehead atoms. The summed E-state index contributed by atoms with van der Waals surface area (Å²) in [5.74, 6) is 0.0912. The van der Waals surface area contributed by atoms with Crippen molar-refractivity contribution in [1.29, 1.82) is 0 Å². The molecule has 2 aromatic carbocycles. The molecule has 0 saturated carbocycles. The van der Waals surface area contributed by atoms with Crippen LogP contribution in [0.15, 0.2) is 58.2 Å². The summed E-state index contributed by atoms with van der Waals surface area (Å²) in [6.45, 7) is 2.00. The minimum atomic E-state index is -0.216. The SMILES string of the molecule is Cc1ccc(-c2nnc(SCC(=O)N3CC(=O)Nc4ccccc43)o2)cc1. The largest absolute Gasteiger partial charge is 0.411 e. The minimum Gasteiger partial charge on any atom is -0.411 e. The first-order chi connectivity index (χ1) is 13.1. The Morgan fingerprint density at radius 3 is 2.78 bits per heavy atom. The summed E-state index contributed by atoms with van der Waals surface area (Å²) < 4.78 is 5.63. The molecule has 2 heterocycles. The summed E-state index contributed by atoms with van der Waals surface area (Å²) in [5.41, 5.74) is 3.29. The van der Waals surface area contributed by atoms with Crippen LogP contribution in [0.4, 0.5) is 11.4 Å². The van der Waals surface area contributed by atoms with Gasteiger partial charge in [-0.3, -0.25) is 9.59 Å². The molecule has 0 radical (unpaired) electrons. The van der Waals surface area contributed by atoms with Crippen molar-refractivity contribution < 1.29 is 14.0 Å². The molecular weight excluding hydrogens is 364 g/mol. The third kappa shape index (κ3) is 3.70. The van der Waals surface area contributed by atoms with Crippen LogP contribution in [0, 0.1) is 6.92 Å². The third-order valence-corrected chi connectivity index (χ3v) is 4.90. The number of nitrogens with zero attached hydrogens (tertiary/aromatic N) is 3. The van der Waals surface area contributed by atoms with E-state index in [0.717, 1.165) is 22.9 Å². The van der Waals surface area contributed by atoms with Crippen LogP contribution in [0.3, 0.4) is 0 Å². The zero-order valence-electron chi connectivity index (χ0n) is 14.5. The van der Waals surface area contributed by atoms with E-state index in [4.69, 9.17) is 4.42 Å². The highest BCUT2D eigenvalue weighted by molar-refractivity contribution is 7.99. The molecule has 0 atom stereocenters. The molecule has 1 aliphatic rings. The second kappa shape index (κ2) is 7.24. The zero-order valence-corrected chi connectivity index (χ0v) is 15.3. The van der Waals surface area contributed by atoms with Gasteiger partial charge in [-0.1, -0.05) is 41.6 Å². The molecular formula is C19H16N4O3S. The van der Waals surface area contributed by atoms with Crippen LogP contribution in [0.5, 0.6) is 0 Å². The molecule has 1 aliphatic heterocycles. The fourth-order valence-corrected chi connectivity index (χ4v) is 3.38. The summed E-state index contributed by atoms with van der Waals surface area (Å²) in [6, 6.07) is 15.0. The Hall–Kier alpha value is -3.13. The number of benzene rings is 2. The van der Waals surface area contributed by atoms with Crippen molar-refractivity contribution in [1.82, 2.24) is 10.2 Å². The van der Waals surface area contributed by atoms with Gasteiger partial charge in [-0.05, 0) is 31.2 Å². The average molecular weight is 380 g/mol. The second-order valence-corrected chi connectivity index (χ2v) is 7.00. The number of carbonyl (C=O) groups is 2. The molecule has 136 valence electrons. The first-order valence-corrected chi connectivity index (χ1v) is 9.31. The topological polar surface area (TPSA) is 88.3 Å². The number of aromatic nitrogens is 2. The number of aryl methyl sites for hydroxylation is 1. The van der Waals surface area contributed by atoms with Crippen LogP contribution >= 0.6 is 11.8 Å². The molecule has 1 N–H and O–H groups in total. The average Bonchev–Trinajstić information content (AvgIpc) is 3.15. The lowest BCUT2D eigenvalue weighted by Gasteiger charge is -2.28. The highest BCUT2D eigenvalue weighted by Crippen LogP contribution is 2.30. The van der Waals surface area contributed by atoms with Crippen molar-refractivity contribution in [3.05, 3.63) is 54.1 Å². The van der Waals surface area contributed by atoms with Crippen LogP contribution in [-0.4, -0.2) is 34.3 Å². The molecule has 3 aromatic rings. The van der Waals surface area contributed by atoms with Crippen LogP contribution in [0.1, 0.15) is 5.56 Å². The molecule has 0 unspecified atom stereocenters. The smallest absolute Gasteiger partial charge is 0.277 e. The monoisotopic (exact) mass is 380 g/mol. The van der Waals surface area contributed by atoms with E-state index < -0.39 is 0 Å². The van der Waals surface area contributed by atoms with Gasteiger partial charge in [-0.25, -0.2) is 0 Å². The van der Waals surface area contributed by atoms with Gasteiger partial charge in [0.05, 0.1) is 17.1 Å². The van der Waals surface area contributed by atoms with Gasteiger partial charge >= 0.3 is 0 Å². The van der Waals surface area contributed by atoms with E-state index in [-0.39, 0.29) is 24.1 Å².